The van der Waals surface area contributed by atoms with Crippen molar-refractivity contribution in [1.29, 1.82) is 0 Å². The summed E-state index contributed by atoms with van der Waals surface area (Å²) in [4.78, 5) is 24.9. The first-order chi connectivity index (χ1) is 7.50. The molecule has 0 bridgehead atoms. The summed E-state index contributed by atoms with van der Waals surface area (Å²) in [5, 5.41) is 9.75. The molecule has 0 aliphatic heterocycles. The number of anilines is 1. The van der Waals surface area contributed by atoms with Gasteiger partial charge in [0.1, 0.15) is 5.69 Å². The van der Waals surface area contributed by atoms with Crippen LogP contribution in [0.15, 0.2) is 23.0 Å². The monoisotopic (exact) mass is 238 g/mol. The molecule has 1 heterocycles. The lowest BCUT2D eigenvalue weighted by molar-refractivity contribution is 0.0700. The normalized spacial score (nSPS) is 10.6. The summed E-state index contributed by atoms with van der Waals surface area (Å²) in [6, 6.07) is 4.52. The largest absolute Gasteiger partial charge is 0.478 e. The van der Waals surface area contributed by atoms with Crippen LogP contribution in [0.25, 0.3) is 10.9 Å². The van der Waals surface area contributed by atoms with E-state index in [4.69, 9.17) is 22.4 Å². The molecule has 0 unspecified atom stereocenters. The van der Waals surface area contributed by atoms with Crippen molar-refractivity contribution in [3.8, 4) is 0 Å². The summed E-state index contributed by atoms with van der Waals surface area (Å²) >= 11 is 5.74. The minimum Gasteiger partial charge on any atom is -0.478 e. The topological polar surface area (TPSA) is 96.2 Å². The third kappa shape index (κ3) is 1.51. The van der Waals surface area contributed by atoms with Crippen molar-refractivity contribution in [2.75, 3.05) is 5.73 Å². The summed E-state index contributed by atoms with van der Waals surface area (Å²) in [6.45, 7) is 0. The molecule has 1 aromatic carbocycles. The fraction of sp³-hybridized carbons (Fsp3) is 0. The number of carboxylic acid groups (broad SMARTS) is 1. The van der Waals surface area contributed by atoms with E-state index >= 15 is 0 Å². The van der Waals surface area contributed by atoms with Gasteiger partial charge in [-0.3, -0.25) is 4.79 Å². The number of aromatic nitrogens is 1. The number of hydrogen-bond acceptors (Lipinski definition) is 3. The molecule has 2 aromatic rings. The number of aromatic carboxylic acids is 1. The van der Waals surface area contributed by atoms with E-state index in [1.807, 2.05) is 0 Å². The fourth-order valence-corrected chi connectivity index (χ4v) is 1.69. The standard InChI is InChI=1S/C10H7ClN2O3/c11-4-1-2-5-6(3-4)13-9(14)8(12)7(5)10(15)16/h1-3H,12H2,(H,13,14)(H,15,16). The maximum Gasteiger partial charge on any atom is 0.338 e. The highest BCUT2D eigenvalue weighted by Gasteiger charge is 2.16. The minimum absolute atomic E-state index is 0.199. The number of aromatic amines is 1. The first kappa shape index (κ1) is 10.5. The van der Waals surface area contributed by atoms with Crippen molar-refractivity contribution in [1.82, 2.24) is 4.98 Å². The van der Waals surface area contributed by atoms with Gasteiger partial charge in [0, 0.05) is 10.4 Å². The summed E-state index contributed by atoms with van der Waals surface area (Å²) in [5.74, 6) is -1.24. The Morgan fingerprint density at radius 3 is 2.75 bits per heavy atom. The van der Waals surface area contributed by atoms with E-state index in [1.165, 1.54) is 18.2 Å². The number of H-pyrrole nitrogens is 1. The molecule has 1 aromatic heterocycles. The zero-order valence-electron chi connectivity index (χ0n) is 7.95. The molecule has 0 fully saturated rings. The number of rotatable bonds is 1. The van der Waals surface area contributed by atoms with Crippen LogP contribution in [0.2, 0.25) is 5.02 Å². The second-order valence-corrected chi connectivity index (χ2v) is 3.67. The first-order valence-corrected chi connectivity index (χ1v) is 4.73. The van der Waals surface area contributed by atoms with Crippen LogP contribution in [-0.4, -0.2) is 16.1 Å². The molecular formula is C10H7ClN2O3. The second-order valence-electron chi connectivity index (χ2n) is 3.24. The van der Waals surface area contributed by atoms with Crippen LogP contribution >= 0.6 is 11.6 Å². The van der Waals surface area contributed by atoms with Crippen LogP contribution in [-0.2, 0) is 0 Å². The Morgan fingerprint density at radius 1 is 1.44 bits per heavy atom. The maximum absolute atomic E-state index is 11.4. The average Bonchev–Trinajstić information content (AvgIpc) is 2.19. The van der Waals surface area contributed by atoms with E-state index in [1.54, 1.807) is 0 Å². The van der Waals surface area contributed by atoms with Crippen LogP contribution in [0.1, 0.15) is 10.4 Å². The number of nitrogens with two attached hydrogens (primary N) is 1. The smallest absolute Gasteiger partial charge is 0.338 e. The molecule has 82 valence electrons. The highest BCUT2D eigenvalue weighted by atomic mass is 35.5. The molecule has 6 heteroatoms. The first-order valence-electron chi connectivity index (χ1n) is 4.35. The Kier molecular flexibility index (Phi) is 2.32. The lowest BCUT2D eigenvalue weighted by Crippen LogP contribution is -2.17. The van der Waals surface area contributed by atoms with Crippen molar-refractivity contribution < 1.29 is 9.90 Å². The molecule has 0 atom stereocenters. The van der Waals surface area contributed by atoms with Crippen molar-refractivity contribution in [3.63, 3.8) is 0 Å². The highest BCUT2D eigenvalue weighted by Crippen LogP contribution is 2.22. The zero-order chi connectivity index (χ0) is 11.9. The Balaban J connectivity index is 3.00. The Bertz CT molecular complexity index is 648. The Morgan fingerprint density at radius 2 is 2.12 bits per heavy atom. The van der Waals surface area contributed by atoms with E-state index < -0.39 is 11.5 Å². The number of carboxylic acids is 1. The lowest BCUT2D eigenvalue weighted by atomic mass is 10.1. The molecule has 0 aliphatic carbocycles. The Labute approximate surface area is 94.5 Å². The molecule has 0 saturated carbocycles. The molecule has 0 saturated heterocycles. The number of nitrogen functional groups attached to an aromatic ring is 1. The molecule has 2 rings (SSSR count). The van der Waals surface area contributed by atoms with Crippen LogP contribution in [0.4, 0.5) is 5.69 Å². The molecule has 0 spiro atoms. The van der Waals surface area contributed by atoms with Crippen LogP contribution < -0.4 is 11.3 Å². The predicted molar refractivity (Wildman–Crippen MR) is 61.0 cm³/mol. The number of halogens is 1. The van der Waals surface area contributed by atoms with Gasteiger partial charge in [0.25, 0.3) is 5.56 Å². The van der Waals surface area contributed by atoms with E-state index in [2.05, 4.69) is 4.98 Å². The summed E-state index contributed by atoms with van der Waals surface area (Å²) in [6.07, 6.45) is 0. The molecule has 0 radical (unpaired) electrons. The van der Waals surface area contributed by atoms with Gasteiger partial charge in [-0.1, -0.05) is 17.7 Å². The van der Waals surface area contributed by atoms with Crippen molar-refractivity contribution >= 4 is 34.2 Å². The fourth-order valence-electron chi connectivity index (χ4n) is 1.52. The van der Waals surface area contributed by atoms with Gasteiger partial charge in [-0.25, -0.2) is 4.79 Å². The molecular weight excluding hydrogens is 232 g/mol. The van der Waals surface area contributed by atoms with Gasteiger partial charge in [-0.2, -0.15) is 0 Å². The van der Waals surface area contributed by atoms with E-state index in [-0.39, 0.29) is 11.3 Å². The SMILES string of the molecule is Nc1c(C(=O)O)c2ccc(Cl)cc2[nH]c1=O. The van der Waals surface area contributed by atoms with Crippen molar-refractivity contribution in [2.24, 2.45) is 0 Å². The van der Waals surface area contributed by atoms with Gasteiger partial charge in [-0.05, 0) is 12.1 Å². The van der Waals surface area contributed by atoms with Crippen LogP contribution in [0.5, 0.6) is 0 Å². The zero-order valence-corrected chi connectivity index (χ0v) is 8.71. The van der Waals surface area contributed by atoms with Gasteiger partial charge >= 0.3 is 5.97 Å². The van der Waals surface area contributed by atoms with Crippen molar-refractivity contribution in [3.05, 3.63) is 39.1 Å². The third-order valence-corrected chi connectivity index (χ3v) is 2.46. The minimum atomic E-state index is -1.24. The highest BCUT2D eigenvalue weighted by molar-refractivity contribution is 6.31. The molecule has 0 amide bonds. The second kappa shape index (κ2) is 3.53. The lowest BCUT2D eigenvalue weighted by Gasteiger charge is -2.05. The van der Waals surface area contributed by atoms with E-state index in [0.717, 1.165) is 0 Å². The van der Waals surface area contributed by atoms with E-state index in [0.29, 0.717) is 15.9 Å². The average molecular weight is 239 g/mol. The number of pyridine rings is 1. The van der Waals surface area contributed by atoms with Crippen LogP contribution in [0.3, 0.4) is 0 Å². The van der Waals surface area contributed by atoms with Crippen molar-refractivity contribution in [2.45, 2.75) is 0 Å². The number of hydrogen-bond donors (Lipinski definition) is 3. The maximum atomic E-state index is 11.4. The number of nitrogens with one attached hydrogen (secondary N) is 1. The molecule has 16 heavy (non-hydrogen) atoms. The predicted octanol–water partition coefficient (Wildman–Crippen LogP) is 1.46. The van der Waals surface area contributed by atoms with Crippen LogP contribution in [0, 0.1) is 0 Å². The number of benzene rings is 1. The summed E-state index contributed by atoms with van der Waals surface area (Å²) in [5.41, 5.74) is 4.65. The molecule has 5 nitrogen and oxygen atoms in total. The van der Waals surface area contributed by atoms with Gasteiger partial charge in [0.15, 0.2) is 0 Å². The Hall–Kier alpha value is -2.01. The molecule has 4 N–H and O–H groups in total. The van der Waals surface area contributed by atoms with Gasteiger partial charge in [0.2, 0.25) is 0 Å². The summed E-state index contributed by atoms with van der Waals surface area (Å²) < 4.78 is 0. The third-order valence-electron chi connectivity index (χ3n) is 2.23. The summed E-state index contributed by atoms with van der Waals surface area (Å²) in [7, 11) is 0. The number of carbonyl (C=O) groups is 1. The van der Waals surface area contributed by atoms with Gasteiger partial charge in [0.05, 0.1) is 11.1 Å². The van der Waals surface area contributed by atoms with Gasteiger partial charge < -0.3 is 15.8 Å². The van der Waals surface area contributed by atoms with Gasteiger partial charge in [-0.15, -0.1) is 0 Å². The van der Waals surface area contributed by atoms with E-state index in [9.17, 15) is 9.59 Å². The molecule has 0 aliphatic rings. The quantitative estimate of drug-likeness (QED) is 0.701. The number of fused-ring (bicyclic) bond motifs is 1.